The summed E-state index contributed by atoms with van der Waals surface area (Å²) in [4.78, 5) is 14.2. The largest absolute Gasteiger partial charge is 0.354 e. The molecule has 0 amide bonds. The van der Waals surface area contributed by atoms with Crippen molar-refractivity contribution >= 4 is 5.95 Å². The van der Waals surface area contributed by atoms with E-state index in [-0.39, 0.29) is 11.9 Å². The zero-order valence-corrected chi connectivity index (χ0v) is 18.4. The minimum Gasteiger partial charge on any atom is -0.354 e. The molecule has 1 aliphatic heterocycles. The summed E-state index contributed by atoms with van der Waals surface area (Å²) in [6.45, 7) is 5.98. The van der Waals surface area contributed by atoms with Crippen molar-refractivity contribution in [1.82, 2.24) is 24.1 Å². The van der Waals surface area contributed by atoms with E-state index < -0.39 is 0 Å². The molecule has 1 aliphatic rings. The van der Waals surface area contributed by atoms with Gasteiger partial charge in [0.2, 0.25) is 5.95 Å². The molecule has 1 atom stereocenters. The highest BCUT2D eigenvalue weighted by Gasteiger charge is 2.31. The summed E-state index contributed by atoms with van der Waals surface area (Å²) >= 11 is 0. The SMILES string of the molecule is CC(C)CNc1nccc(-c2c(-c3ccc(F)cc3)nc3n2C(Cn2cccc2)CC3)n1. The summed E-state index contributed by atoms with van der Waals surface area (Å²) in [5.41, 5.74) is 3.52. The number of halogens is 1. The number of aromatic nitrogens is 5. The molecule has 164 valence electrons. The second-order valence-corrected chi connectivity index (χ2v) is 8.71. The van der Waals surface area contributed by atoms with Gasteiger partial charge in [0.15, 0.2) is 0 Å². The number of rotatable bonds is 7. The first-order valence-electron chi connectivity index (χ1n) is 11.1. The van der Waals surface area contributed by atoms with Crippen molar-refractivity contribution in [2.45, 2.75) is 39.3 Å². The third-order valence-corrected chi connectivity index (χ3v) is 5.82. The molecule has 1 unspecified atom stereocenters. The van der Waals surface area contributed by atoms with Gasteiger partial charge >= 0.3 is 0 Å². The molecule has 0 aliphatic carbocycles. The van der Waals surface area contributed by atoms with Crippen molar-refractivity contribution in [3.05, 3.63) is 72.7 Å². The third-order valence-electron chi connectivity index (χ3n) is 5.82. The first-order chi connectivity index (χ1) is 15.6. The van der Waals surface area contributed by atoms with Crippen molar-refractivity contribution in [2.75, 3.05) is 11.9 Å². The monoisotopic (exact) mass is 430 g/mol. The van der Waals surface area contributed by atoms with Crippen LogP contribution in [0.3, 0.4) is 0 Å². The van der Waals surface area contributed by atoms with Gasteiger partial charge in [0.25, 0.3) is 0 Å². The Morgan fingerprint density at radius 1 is 1.09 bits per heavy atom. The Hall–Kier alpha value is -3.48. The van der Waals surface area contributed by atoms with Crippen LogP contribution < -0.4 is 5.32 Å². The molecule has 7 heteroatoms. The van der Waals surface area contributed by atoms with Gasteiger partial charge in [-0.1, -0.05) is 13.8 Å². The smallest absolute Gasteiger partial charge is 0.223 e. The minimum atomic E-state index is -0.255. The normalized spacial score (nSPS) is 15.3. The van der Waals surface area contributed by atoms with Gasteiger partial charge in [-0.3, -0.25) is 0 Å². The van der Waals surface area contributed by atoms with E-state index in [4.69, 9.17) is 9.97 Å². The van der Waals surface area contributed by atoms with Crippen LogP contribution >= 0.6 is 0 Å². The van der Waals surface area contributed by atoms with Crippen LogP contribution in [-0.2, 0) is 13.0 Å². The lowest BCUT2D eigenvalue weighted by atomic mass is 10.1. The highest BCUT2D eigenvalue weighted by Crippen LogP contribution is 2.39. The van der Waals surface area contributed by atoms with Gasteiger partial charge in [0, 0.05) is 43.7 Å². The zero-order chi connectivity index (χ0) is 22.1. The first kappa shape index (κ1) is 20.4. The maximum Gasteiger partial charge on any atom is 0.223 e. The molecule has 0 fully saturated rings. The van der Waals surface area contributed by atoms with Crippen LogP contribution in [0.5, 0.6) is 0 Å². The van der Waals surface area contributed by atoms with Crippen LogP contribution in [0, 0.1) is 11.7 Å². The highest BCUT2D eigenvalue weighted by molar-refractivity contribution is 5.78. The van der Waals surface area contributed by atoms with Gasteiger partial charge in [-0.05, 0) is 54.8 Å². The summed E-state index contributed by atoms with van der Waals surface area (Å²) in [5, 5.41) is 3.32. The second-order valence-electron chi connectivity index (χ2n) is 8.71. The molecule has 5 rings (SSSR count). The summed E-state index contributed by atoms with van der Waals surface area (Å²) < 4.78 is 18.1. The second kappa shape index (κ2) is 8.57. The first-order valence-corrected chi connectivity index (χ1v) is 11.1. The maximum atomic E-state index is 13.6. The highest BCUT2D eigenvalue weighted by atomic mass is 19.1. The van der Waals surface area contributed by atoms with Gasteiger partial charge in [0.1, 0.15) is 11.6 Å². The Morgan fingerprint density at radius 2 is 1.88 bits per heavy atom. The molecular formula is C25H27FN6. The minimum absolute atomic E-state index is 0.255. The lowest BCUT2D eigenvalue weighted by Crippen LogP contribution is -2.14. The molecule has 6 nitrogen and oxygen atoms in total. The van der Waals surface area contributed by atoms with Crippen molar-refractivity contribution in [3.8, 4) is 22.6 Å². The Kier molecular flexibility index (Phi) is 5.47. The Morgan fingerprint density at radius 3 is 2.62 bits per heavy atom. The molecule has 0 radical (unpaired) electrons. The average molecular weight is 431 g/mol. The van der Waals surface area contributed by atoms with Crippen LogP contribution in [-0.4, -0.2) is 30.6 Å². The molecule has 1 N–H and O–H groups in total. The van der Waals surface area contributed by atoms with E-state index in [0.29, 0.717) is 11.9 Å². The van der Waals surface area contributed by atoms with E-state index in [0.717, 1.165) is 54.4 Å². The maximum absolute atomic E-state index is 13.6. The fraction of sp³-hybridized carbons (Fsp3) is 0.320. The Bertz CT molecular complexity index is 1190. The fourth-order valence-electron chi connectivity index (χ4n) is 4.31. The van der Waals surface area contributed by atoms with Crippen LogP contribution in [0.4, 0.5) is 10.3 Å². The van der Waals surface area contributed by atoms with E-state index in [1.165, 1.54) is 12.1 Å². The van der Waals surface area contributed by atoms with E-state index in [1.54, 1.807) is 18.3 Å². The van der Waals surface area contributed by atoms with Crippen LogP contribution in [0.2, 0.25) is 0 Å². The van der Waals surface area contributed by atoms with Crippen LogP contribution in [0.1, 0.15) is 32.1 Å². The third kappa shape index (κ3) is 4.02. The zero-order valence-electron chi connectivity index (χ0n) is 18.4. The number of benzene rings is 1. The number of fused-ring (bicyclic) bond motifs is 1. The van der Waals surface area contributed by atoms with Crippen molar-refractivity contribution in [2.24, 2.45) is 5.92 Å². The van der Waals surface area contributed by atoms with Gasteiger partial charge in [0.05, 0.1) is 23.1 Å². The topological polar surface area (TPSA) is 60.6 Å². The lowest BCUT2D eigenvalue weighted by Gasteiger charge is -2.18. The predicted molar refractivity (Wildman–Crippen MR) is 124 cm³/mol. The fourth-order valence-corrected chi connectivity index (χ4v) is 4.31. The van der Waals surface area contributed by atoms with Crippen molar-refractivity contribution in [3.63, 3.8) is 0 Å². The number of hydrogen-bond acceptors (Lipinski definition) is 4. The number of aryl methyl sites for hydroxylation is 1. The van der Waals surface area contributed by atoms with Crippen molar-refractivity contribution < 1.29 is 4.39 Å². The number of anilines is 1. The van der Waals surface area contributed by atoms with E-state index in [9.17, 15) is 4.39 Å². The van der Waals surface area contributed by atoms with Crippen LogP contribution in [0.15, 0.2) is 61.1 Å². The summed E-state index contributed by atoms with van der Waals surface area (Å²) in [6, 6.07) is 12.8. The van der Waals surface area contributed by atoms with Crippen LogP contribution in [0.25, 0.3) is 22.6 Å². The lowest BCUT2D eigenvalue weighted by molar-refractivity contribution is 0.452. The standard InChI is InChI=1S/C25H27FN6/c1-17(2)15-28-25-27-12-11-21(29-25)24-23(18-5-7-19(26)8-6-18)30-22-10-9-20(32(22)24)16-31-13-3-4-14-31/h3-8,11-14,17,20H,9-10,15-16H2,1-2H3,(H,27,28,29). The van der Waals surface area contributed by atoms with Gasteiger partial charge in [-0.15, -0.1) is 0 Å². The van der Waals surface area contributed by atoms with Gasteiger partial charge in [-0.25, -0.2) is 19.3 Å². The molecular weight excluding hydrogens is 403 g/mol. The molecule has 4 aromatic rings. The molecule has 0 saturated carbocycles. The quantitative estimate of drug-likeness (QED) is 0.438. The molecule has 0 bridgehead atoms. The molecule has 1 aromatic carbocycles. The number of imidazole rings is 1. The van der Waals surface area contributed by atoms with Gasteiger partial charge in [-0.2, -0.15) is 0 Å². The van der Waals surface area contributed by atoms with Crippen molar-refractivity contribution in [1.29, 1.82) is 0 Å². The molecule has 32 heavy (non-hydrogen) atoms. The molecule has 4 heterocycles. The average Bonchev–Trinajstić information content (AvgIpc) is 3.51. The number of nitrogens with one attached hydrogen (secondary N) is 1. The van der Waals surface area contributed by atoms with E-state index in [2.05, 4.69) is 45.7 Å². The predicted octanol–water partition coefficient (Wildman–Crippen LogP) is 5.20. The van der Waals surface area contributed by atoms with Gasteiger partial charge < -0.3 is 14.5 Å². The van der Waals surface area contributed by atoms with E-state index >= 15 is 0 Å². The Balaban J connectivity index is 1.61. The molecule has 0 saturated heterocycles. The summed E-state index contributed by atoms with van der Waals surface area (Å²) in [5.74, 6) is 1.89. The molecule has 3 aromatic heterocycles. The number of nitrogens with zero attached hydrogens (tertiary/aromatic N) is 5. The summed E-state index contributed by atoms with van der Waals surface area (Å²) in [7, 11) is 0. The molecule has 0 spiro atoms. The number of hydrogen-bond donors (Lipinski definition) is 1. The summed E-state index contributed by atoms with van der Waals surface area (Å²) in [6.07, 6.45) is 7.90. The van der Waals surface area contributed by atoms with E-state index in [1.807, 2.05) is 18.2 Å². The Labute approximate surface area is 187 Å².